The van der Waals surface area contributed by atoms with Gasteiger partial charge in [0, 0.05) is 44.9 Å². The highest BCUT2D eigenvalue weighted by Crippen LogP contribution is 2.40. The SMILES string of the molecule is CCC1=C(C)NC(=NC(CC(=O)O)c2ccccc2Cl)c2c([nH]c3cc(-c4c(C)noc4C)c(OC)cc23)C1. The van der Waals surface area contributed by atoms with Gasteiger partial charge in [-0.3, -0.25) is 9.79 Å². The normalized spacial score (nSPS) is 15.3. The van der Waals surface area contributed by atoms with Gasteiger partial charge in [-0.1, -0.05) is 41.9 Å². The van der Waals surface area contributed by atoms with Crippen LogP contribution in [-0.4, -0.2) is 34.2 Å². The van der Waals surface area contributed by atoms with Crippen LogP contribution in [0.5, 0.6) is 5.75 Å². The number of rotatable bonds is 7. The summed E-state index contributed by atoms with van der Waals surface area (Å²) in [6.07, 6.45) is 1.37. The number of benzene rings is 2. The van der Waals surface area contributed by atoms with Gasteiger partial charge in [-0.15, -0.1) is 0 Å². The lowest BCUT2D eigenvalue weighted by Gasteiger charge is -2.17. The molecule has 0 amide bonds. The van der Waals surface area contributed by atoms with E-state index in [2.05, 4.69) is 28.4 Å². The van der Waals surface area contributed by atoms with Crippen LogP contribution < -0.4 is 10.1 Å². The van der Waals surface area contributed by atoms with Crippen LogP contribution in [0.25, 0.3) is 22.0 Å². The molecule has 0 spiro atoms. The molecule has 0 saturated heterocycles. The molecule has 1 aliphatic rings. The summed E-state index contributed by atoms with van der Waals surface area (Å²) in [5, 5.41) is 18.8. The number of allylic oxidation sites excluding steroid dienone is 2. The molecule has 1 unspecified atom stereocenters. The lowest BCUT2D eigenvalue weighted by Crippen LogP contribution is -2.24. The fourth-order valence-corrected chi connectivity index (χ4v) is 5.63. The molecule has 0 saturated carbocycles. The van der Waals surface area contributed by atoms with Crippen LogP contribution in [0.1, 0.15) is 61.0 Å². The Kier molecular flexibility index (Phi) is 7.23. The van der Waals surface area contributed by atoms with E-state index in [1.807, 2.05) is 45.0 Å². The zero-order chi connectivity index (χ0) is 27.8. The number of methoxy groups -OCH3 is 1. The van der Waals surface area contributed by atoms with Crippen molar-refractivity contribution in [3.63, 3.8) is 0 Å². The summed E-state index contributed by atoms with van der Waals surface area (Å²) in [6, 6.07) is 10.6. The molecule has 9 heteroatoms. The first kappa shape index (κ1) is 26.6. The third-order valence-corrected chi connectivity index (χ3v) is 7.65. The second-order valence-electron chi connectivity index (χ2n) is 9.77. The molecule has 2 aromatic carbocycles. The predicted octanol–water partition coefficient (Wildman–Crippen LogP) is 6.89. The molecule has 202 valence electrons. The summed E-state index contributed by atoms with van der Waals surface area (Å²) in [5.74, 6) is 1.03. The van der Waals surface area contributed by atoms with E-state index in [4.69, 9.17) is 25.9 Å². The van der Waals surface area contributed by atoms with Crippen LogP contribution >= 0.6 is 11.6 Å². The predicted molar refractivity (Wildman–Crippen MR) is 153 cm³/mol. The molecule has 8 nitrogen and oxygen atoms in total. The Balaban J connectivity index is 1.76. The number of fused-ring (bicyclic) bond motifs is 3. The minimum atomic E-state index is -0.954. The summed E-state index contributed by atoms with van der Waals surface area (Å²) < 4.78 is 11.3. The molecule has 39 heavy (non-hydrogen) atoms. The van der Waals surface area contributed by atoms with E-state index in [1.54, 1.807) is 13.2 Å². The number of aromatic nitrogens is 2. The summed E-state index contributed by atoms with van der Waals surface area (Å²) in [5.41, 5.74) is 8.26. The maximum Gasteiger partial charge on any atom is 0.305 e. The van der Waals surface area contributed by atoms with Crippen molar-refractivity contribution in [1.82, 2.24) is 15.5 Å². The monoisotopic (exact) mass is 546 g/mol. The van der Waals surface area contributed by atoms with E-state index < -0.39 is 12.0 Å². The molecule has 0 bridgehead atoms. The summed E-state index contributed by atoms with van der Waals surface area (Å²) in [7, 11) is 1.64. The van der Waals surface area contributed by atoms with Crippen molar-refractivity contribution in [3.8, 4) is 16.9 Å². The number of ether oxygens (including phenoxy) is 1. The van der Waals surface area contributed by atoms with Crippen molar-refractivity contribution in [3.05, 3.63) is 81.0 Å². The lowest BCUT2D eigenvalue weighted by atomic mass is 9.99. The highest BCUT2D eigenvalue weighted by molar-refractivity contribution is 6.31. The molecule has 0 aliphatic carbocycles. The van der Waals surface area contributed by atoms with Crippen LogP contribution in [-0.2, 0) is 11.2 Å². The molecule has 4 aromatic rings. The Hall–Kier alpha value is -4.04. The molecular formula is C30H31ClN4O4. The standard InChI is InChI=1S/C30H31ClN4O4/c1-6-18-11-25-29(20-13-26(38-5)21(12-23(20)33-25)28-16(3)35-39-17(28)4)30(32-15(18)2)34-24(14-27(36)37)19-9-7-8-10-22(19)31/h7-10,12-13,24,33H,6,11,14H2,1-5H3,(H,32,34)(H,36,37). The molecule has 3 heterocycles. The fourth-order valence-electron chi connectivity index (χ4n) is 5.37. The quantitative estimate of drug-likeness (QED) is 0.232. The number of aromatic amines is 1. The smallest absolute Gasteiger partial charge is 0.305 e. The minimum Gasteiger partial charge on any atom is -0.496 e. The van der Waals surface area contributed by atoms with Gasteiger partial charge < -0.3 is 24.7 Å². The number of carbonyl (C=O) groups is 1. The van der Waals surface area contributed by atoms with Gasteiger partial charge >= 0.3 is 5.97 Å². The van der Waals surface area contributed by atoms with E-state index in [9.17, 15) is 9.90 Å². The first-order valence-corrected chi connectivity index (χ1v) is 13.2. The van der Waals surface area contributed by atoms with Gasteiger partial charge in [-0.05, 0) is 56.5 Å². The first-order chi connectivity index (χ1) is 18.7. The van der Waals surface area contributed by atoms with Crippen molar-refractivity contribution >= 4 is 34.3 Å². The van der Waals surface area contributed by atoms with E-state index >= 15 is 0 Å². The number of aryl methyl sites for hydroxylation is 2. The van der Waals surface area contributed by atoms with Gasteiger partial charge in [0.15, 0.2) is 0 Å². The third kappa shape index (κ3) is 4.92. The van der Waals surface area contributed by atoms with Crippen LogP contribution in [0, 0.1) is 13.8 Å². The van der Waals surface area contributed by atoms with Crippen molar-refractivity contribution < 1.29 is 19.2 Å². The van der Waals surface area contributed by atoms with Gasteiger partial charge in [-0.25, -0.2) is 0 Å². The lowest BCUT2D eigenvalue weighted by molar-refractivity contribution is -0.137. The largest absolute Gasteiger partial charge is 0.496 e. The van der Waals surface area contributed by atoms with Crippen molar-refractivity contribution in [2.45, 2.75) is 53.0 Å². The second-order valence-corrected chi connectivity index (χ2v) is 10.2. The molecule has 2 aromatic heterocycles. The Bertz CT molecular complexity index is 1630. The third-order valence-electron chi connectivity index (χ3n) is 7.31. The minimum absolute atomic E-state index is 0.199. The van der Waals surface area contributed by atoms with Crippen molar-refractivity contribution in [1.29, 1.82) is 0 Å². The van der Waals surface area contributed by atoms with Crippen LogP contribution in [0.4, 0.5) is 0 Å². The molecule has 0 fully saturated rings. The van der Waals surface area contributed by atoms with Crippen LogP contribution in [0.15, 0.2) is 57.2 Å². The van der Waals surface area contributed by atoms with Crippen LogP contribution in [0.3, 0.4) is 0 Å². The van der Waals surface area contributed by atoms with E-state index in [0.717, 1.165) is 51.1 Å². The number of amidine groups is 1. The molecular weight excluding hydrogens is 516 g/mol. The number of H-pyrrole nitrogens is 1. The van der Waals surface area contributed by atoms with E-state index in [-0.39, 0.29) is 6.42 Å². The molecule has 1 atom stereocenters. The molecule has 3 N–H and O–H groups in total. The molecule has 5 rings (SSSR count). The average molecular weight is 547 g/mol. The molecule has 0 radical (unpaired) electrons. The second kappa shape index (κ2) is 10.6. The Labute approximate surface area is 231 Å². The number of aliphatic imine (C=N–C) groups is 1. The van der Waals surface area contributed by atoms with Gasteiger partial charge in [-0.2, -0.15) is 0 Å². The number of nitrogens with zero attached hydrogens (tertiary/aromatic N) is 2. The van der Waals surface area contributed by atoms with Gasteiger partial charge in [0.25, 0.3) is 0 Å². The van der Waals surface area contributed by atoms with Gasteiger partial charge in [0.2, 0.25) is 0 Å². The maximum absolute atomic E-state index is 11.9. The summed E-state index contributed by atoms with van der Waals surface area (Å²) >= 11 is 6.50. The van der Waals surface area contributed by atoms with E-state index in [1.165, 1.54) is 5.57 Å². The van der Waals surface area contributed by atoms with E-state index in [0.29, 0.717) is 34.4 Å². The fraction of sp³-hybridized carbons (Fsp3) is 0.300. The number of halogens is 1. The van der Waals surface area contributed by atoms with Crippen molar-refractivity contribution in [2.24, 2.45) is 4.99 Å². The average Bonchev–Trinajstić information content (AvgIpc) is 3.38. The van der Waals surface area contributed by atoms with Crippen LogP contribution in [0.2, 0.25) is 5.02 Å². The summed E-state index contributed by atoms with van der Waals surface area (Å²) in [6.45, 7) is 7.95. The number of aliphatic carboxylic acids is 1. The maximum atomic E-state index is 11.9. The summed E-state index contributed by atoms with van der Waals surface area (Å²) in [4.78, 5) is 20.5. The highest BCUT2D eigenvalue weighted by Gasteiger charge is 2.27. The number of carboxylic acids is 1. The van der Waals surface area contributed by atoms with Gasteiger partial charge in [0.1, 0.15) is 17.3 Å². The number of hydrogen-bond acceptors (Lipinski definition) is 5. The Morgan fingerprint density at radius 1 is 1.23 bits per heavy atom. The first-order valence-electron chi connectivity index (χ1n) is 12.9. The number of carboxylic acid groups (broad SMARTS) is 1. The zero-order valence-electron chi connectivity index (χ0n) is 22.6. The number of hydrogen-bond donors (Lipinski definition) is 3. The zero-order valence-corrected chi connectivity index (χ0v) is 23.4. The highest BCUT2D eigenvalue weighted by atomic mass is 35.5. The van der Waals surface area contributed by atoms with Gasteiger partial charge in [0.05, 0.1) is 30.8 Å². The Morgan fingerprint density at radius 2 is 2.00 bits per heavy atom. The van der Waals surface area contributed by atoms with Crippen molar-refractivity contribution in [2.75, 3.05) is 7.11 Å². The number of nitrogens with one attached hydrogen (secondary N) is 2. The molecule has 1 aliphatic heterocycles. The topological polar surface area (TPSA) is 113 Å². The Morgan fingerprint density at radius 3 is 2.64 bits per heavy atom.